The van der Waals surface area contributed by atoms with Crippen LogP contribution in [-0.4, -0.2) is 46.6 Å². The van der Waals surface area contributed by atoms with E-state index in [2.05, 4.69) is 20.8 Å². The molecule has 1 heterocycles. The number of ether oxygens (including phenoxy) is 1. The number of hydrogen-bond donors (Lipinski definition) is 2. The normalized spacial score (nSPS) is 10.4. The molecule has 0 spiro atoms. The molecule has 0 saturated carbocycles. The molecule has 0 radical (unpaired) electrons. The predicted octanol–water partition coefficient (Wildman–Crippen LogP) is 2.88. The number of nitrogens with zero attached hydrogens (tertiary/aromatic N) is 3. The molecule has 2 aromatic carbocycles. The molecule has 0 aliphatic rings. The van der Waals surface area contributed by atoms with E-state index in [0.717, 1.165) is 0 Å². The molecule has 0 bridgehead atoms. The number of hydrogen-bond acceptors (Lipinski definition) is 8. The summed E-state index contributed by atoms with van der Waals surface area (Å²) in [7, 11) is 0. The van der Waals surface area contributed by atoms with Gasteiger partial charge < -0.3 is 19.9 Å². The number of rotatable bonds is 9. The van der Waals surface area contributed by atoms with Crippen LogP contribution in [0.15, 0.2) is 47.0 Å². The number of amides is 2. The summed E-state index contributed by atoms with van der Waals surface area (Å²) >= 11 is 11.7. The molecule has 0 saturated heterocycles. The Morgan fingerprint density at radius 2 is 1.81 bits per heavy atom. The van der Waals surface area contributed by atoms with E-state index >= 15 is 0 Å². The summed E-state index contributed by atoms with van der Waals surface area (Å²) in [5, 5.41) is 20.2. The van der Waals surface area contributed by atoms with Gasteiger partial charge in [-0.25, -0.2) is 0 Å². The Morgan fingerprint density at radius 3 is 2.50 bits per heavy atom. The van der Waals surface area contributed by atoms with Gasteiger partial charge in [0.1, 0.15) is 5.75 Å². The lowest BCUT2D eigenvalue weighted by atomic mass is 10.2. The highest BCUT2D eigenvalue weighted by Crippen LogP contribution is 2.27. The van der Waals surface area contributed by atoms with Crippen LogP contribution in [-0.2, 0) is 4.79 Å². The van der Waals surface area contributed by atoms with Crippen molar-refractivity contribution >= 4 is 40.7 Å². The van der Waals surface area contributed by atoms with Crippen LogP contribution in [0.25, 0.3) is 11.4 Å². The minimum Gasteiger partial charge on any atom is -0.482 e. The third-order valence-corrected chi connectivity index (χ3v) is 4.47. The number of carbonyl (C=O) groups is 2. The molecule has 13 heteroatoms. The van der Waals surface area contributed by atoms with Gasteiger partial charge in [-0.15, -0.1) is 0 Å². The molecule has 0 aliphatic carbocycles. The highest BCUT2D eigenvalue weighted by Gasteiger charge is 2.16. The van der Waals surface area contributed by atoms with Crippen molar-refractivity contribution in [2.45, 2.75) is 0 Å². The third kappa shape index (κ3) is 6.15. The summed E-state index contributed by atoms with van der Waals surface area (Å²) in [4.78, 5) is 38.0. The summed E-state index contributed by atoms with van der Waals surface area (Å²) in [6.45, 7) is -0.0370. The van der Waals surface area contributed by atoms with Crippen LogP contribution in [0.3, 0.4) is 0 Å². The fourth-order valence-electron chi connectivity index (χ4n) is 2.41. The molecule has 2 N–H and O–H groups in total. The molecule has 11 nitrogen and oxygen atoms in total. The lowest BCUT2D eigenvalue weighted by Gasteiger charge is -2.09. The van der Waals surface area contributed by atoms with E-state index in [0.29, 0.717) is 16.3 Å². The zero-order valence-corrected chi connectivity index (χ0v) is 17.7. The van der Waals surface area contributed by atoms with Crippen LogP contribution in [0.1, 0.15) is 10.7 Å². The minimum absolute atomic E-state index is 0.0843. The molecule has 3 rings (SSSR count). The molecule has 3 aromatic rings. The van der Waals surface area contributed by atoms with Crippen LogP contribution < -0.4 is 15.4 Å². The van der Waals surface area contributed by atoms with E-state index < -0.39 is 16.7 Å². The number of benzene rings is 2. The quantitative estimate of drug-likeness (QED) is 0.270. The number of non-ortho nitro benzene ring substituents is 1. The third-order valence-electron chi connectivity index (χ3n) is 3.94. The number of nitro groups is 1. The van der Waals surface area contributed by atoms with E-state index in [-0.39, 0.29) is 42.1 Å². The number of aromatic nitrogens is 2. The summed E-state index contributed by atoms with van der Waals surface area (Å²) in [5.41, 5.74) is 0.366. The second-order valence-corrected chi connectivity index (χ2v) is 7.04. The zero-order chi connectivity index (χ0) is 23.1. The van der Waals surface area contributed by atoms with Gasteiger partial charge >= 0.3 is 11.8 Å². The Balaban J connectivity index is 1.41. The standard InChI is InChI=1S/C19H15Cl2N5O6/c20-12-3-6-15(14(21)9-12)31-10-16(27)22-7-8-23-18(28)19-24-17(25-32-19)11-1-4-13(5-2-11)26(29)30/h1-6,9H,7-8,10H2,(H,22,27)(H,23,28). The molecular weight excluding hydrogens is 465 g/mol. The molecule has 32 heavy (non-hydrogen) atoms. The first-order valence-electron chi connectivity index (χ1n) is 9.05. The number of halogens is 2. The van der Waals surface area contributed by atoms with Gasteiger partial charge in [-0.1, -0.05) is 28.4 Å². The average Bonchev–Trinajstić information content (AvgIpc) is 3.26. The van der Waals surface area contributed by atoms with Crippen molar-refractivity contribution in [2.24, 2.45) is 0 Å². The van der Waals surface area contributed by atoms with Gasteiger partial charge in [0.05, 0.1) is 9.95 Å². The molecule has 0 atom stereocenters. The molecule has 0 unspecified atom stereocenters. The van der Waals surface area contributed by atoms with E-state index in [1.54, 1.807) is 12.1 Å². The fourth-order valence-corrected chi connectivity index (χ4v) is 2.87. The summed E-state index contributed by atoms with van der Waals surface area (Å²) < 4.78 is 10.2. The first-order chi connectivity index (χ1) is 15.3. The Hall–Kier alpha value is -3.70. The maximum atomic E-state index is 12.1. The number of carbonyl (C=O) groups excluding carboxylic acids is 2. The maximum Gasteiger partial charge on any atom is 0.316 e. The molecule has 0 aliphatic heterocycles. The van der Waals surface area contributed by atoms with Crippen LogP contribution in [0.4, 0.5) is 5.69 Å². The van der Waals surface area contributed by atoms with Crippen LogP contribution in [0.2, 0.25) is 10.0 Å². The van der Waals surface area contributed by atoms with Gasteiger partial charge in [0, 0.05) is 35.8 Å². The maximum absolute atomic E-state index is 12.1. The Bertz CT molecular complexity index is 1140. The summed E-state index contributed by atoms with van der Waals surface area (Å²) in [6.07, 6.45) is 0. The lowest BCUT2D eigenvalue weighted by Crippen LogP contribution is -2.36. The van der Waals surface area contributed by atoms with Gasteiger partial charge in [0.25, 0.3) is 11.6 Å². The highest BCUT2D eigenvalue weighted by atomic mass is 35.5. The van der Waals surface area contributed by atoms with Gasteiger partial charge in [-0.05, 0) is 30.3 Å². The smallest absolute Gasteiger partial charge is 0.316 e. The largest absolute Gasteiger partial charge is 0.482 e. The average molecular weight is 480 g/mol. The fraction of sp³-hybridized carbons (Fsp3) is 0.158. The SMILES string of the molecule is O=C(COc1ccc(Cl)cc1Cl)NCCNC(=O)c1nc(-c2ccc([N+](=O)[O-])cc2)no1. The van der Waals surface area contributed by atoms with E-state index in [9.17, 15) is 19.7 Å². The van der Waals surface area contributed by atoms with Crippen LogP contribution in [0, 0.1) is 10.1 Å². The zero-order valence-electron chi connectivity index (χ0n) is 16.2. The molecule has 0 fully saturated rings. The van der Waals surface area contributed by atoms with Crippen LogP contribution >= 0.6 is 23.2 Å². The lowest BCUT2D eigenvalue weighted by molar-refractivity contribution is -0.384. The molecular formula is C19H15Cl2N5O6. The summed E-state index contributed by atoms with van der Waals surface area (Å²) in [5.74, 6) is -0.908. The predicted molar refractivity (Wildman–Crippen MR) is 114 cm³/mol. The van der Waals surface area contributed by atoms with Crippen molar-refractivity contribution in [2.75, 3.05) is 19.7 Å². The molecule has 1 aromatic heterocycles. The first-order valence-corrected chi connectivity index (χ1v) is 9.80. The molecule has 166 valence electrons. The van der Waals surface area contributed by atoms with Crippen LogP contribution in [0.5, 0.6) is 5.75 Å². The van der Waals surface area contributed by atoms with Gasteiger partial charge in [0.2, 0.25) is 5.82 Å². The van der Waals surface area contributed by atoms with Gasteiger partial charge in [0.15, 0.2) is 6.61 Å². The van der Waals surface area contributed by atoms with Crippen molar-refractivity contribution in [3.05, 3.63) is 68.5 Å². The highest BCUT2D eigenvalue weighted by molar-refractivity contribution is 6.35. The van der Waals surface area contributed by atoms with E-state index in [1.807, 2.05) is 0 Å². The second kappa shape index (κ2) is 10.6. The monoisotopic (exact) mass is 479 g/mol. The van der Waals surface area contributed by atoms with Crippen molar-refractivity contribution in [3.8, 4) is 17.1 Å². The Kier molecular flexibility index (Phi) is 7.58. The molecule has 2 amide bonds. The number of nitrogens with one attached hydrogen (secondary N) is 2. The second-order valence-electron chi connectivity index (χ2n) is 6.20. The first kappa shape index (κ1) is 23.0. The van der Waals surface area contributed by atoms with E-state index in [4.69, 9.17) is 32.5 Å². The topological polar surface area (TPSA) is 149 Å². The number of nitro benzene ring substituents is 1. The Morgan fingerprint density at radius 1 is 1.09 bits per heavy atom. The Labute approximate surface area is 190 Å². The minimum atomic E-state index is -0.635. The van der Waals surface area contributed by atoms with Crippen molar-refractivity contribution in [1.82, 2.24) is 20.8 Å². The summed E-state index contributed by atoms with van der Waals surface area (Å²) in [6, 6.07) is 10.1. The van der Waals surface area contributed by atoms with Crippen molar-refractivity contribution < 1.29 is 23.8 Å². The van der Waals surface area contributed by atoms with Crippen molar-refractivity contribution in [1.29, 1.82) is 0 Å². The van der Waals surface area contributed by atoms with Gasteiger partial charge in [-0.2, -0.15) is 4.98 Å². The van der Waals surface area contributed by atoms with Gasteiger partial charge in [-0.3, -0.25) is 19.7 Å². The van der Waals surface area contributed by atoms with E-state index in [1.165, 1.54) is 30.3 Å². The van der Waals surface area contributed by atoms with Crippen molar-refractivity contribution in [3.63, 3.8) is 0 Å².